The number of nitro benzene ring substituents is 1. The van der Waals surface area contributed by atoms with Crippen molar-refractivity contribution in [2.24, 2.45) is 0 Å². The number of hydrogen-bond acceptors (Lipinski definition) is 8. The van der Waals surface area contributed by atoms with E-state index in [1.165, 1.54) is 30.6 Å². The fourth-order valence-corrected chi connectivity index (χ4v) is 3.32. The summed E-state index contributed by atoms with van der Waals surface area (Å²) >= 11 is 1.24. The van der Waals surface area contributed by atoms with E-state index in [0.717, 1.165) is 11.6 Å². The van der Waals surface area contributed by atoms with E-state index in [4.69, 9.17) is 14.2 Å². The predicted molar refractivity (Wildman–Crippen MR) is 108 cm³/mol. The summed E-state index contributed by atoms with van der Waals surface area (Å²) in [6.07, 6.45) is 0. The first kappa shape index (κ1) is 20.1. The second-order valence-corrected chi connectivity index (χ2v) is 6.56. The number of carbonyl (C=O) groups is 1. The SMILES string of the molecule is COc1ccc(-c2csc(NC(=O)c3ccc(OC)c([N+](=O)[O-])c3)n2)cc1OC. The molecule has 0 aliphatic rings. The van der Waals surface area contributed by atoms with Crippen LogP contribution in [0.4, 0.5) is 10.8 Å². The van der Waals surface area contributed by atoms with Crippen molar-refractivity contribution in [3.8, 4) is 28.5 Å². The number of carbonyl (C=O) groups excluding carboxylic acids is 1. The van der Waals surface area contributed by atoms with Gasteiger partial charge in [0.1, 0.15) is 0 Å². The molecule has 1 amide bonds. The quantitative estimate of drug-likeness (QED) is 0.458. The Labute approximate surface area is 170 Å². The molecule has 0 aliphatic carbocycles. The lowest BCUT2D eigenvalue weighted by Crippen LogP contribution is -2.12. The second-order valence-electron chi connectivity index (χ2n) is 5.71. The molecular formula is C19H17N3O6S. The van der Waals surface area contributed by atoms with Crippen molar-refractivity contribution in [1.29, 1.82) is 0 Å². The van der Waals surface area contributed by atoms with Crippen molar-refractivity contribution in [3.63, 3.8) is 0 Å². The molecule has 0 aliphatic heterocycles. The minimum absolute atomic E-state index is 0.0801. The summed E-state index contributed by atoms with van der Waals surface area (Å²) in [6, 6.07) is 9.37. The van der Waals surface area contributed by atoms with Crippen LogP contribution in [0.25, 0.3) is 11.3 Å². The highest BCUT2D eigenvalue weighted by molar-refractivity contribution is 7.14. The van der Waals surface area contributed by atoms with E-state index in [2.05, 4.69) is 10.3 Å². The summed E-state index contributed by atoms with van der Waals surface area (Å²) in [4.78, 5) is 27.4. The van der Waals surface area contributed by atoms with E-state index >= 15 is 0 Å². The van der Waals surface area contributed by atoms with Gasteiger partial charge in [0.15, 0.2) is 22.4 Å². The standard InChI is InChI=1S/C19H17N3O6S/c1-26-15-6-5-12(8-14(15)22(24)25)18(23)21-19-20-13(10-29-19)11-4-7-16(27-2)17(9-11)28-3/h4-10H,1-3H3,(H,20,21,23). The molecule has 9 nitrogen and oxygen atoms in total. The number of rotatable bonds is 7. The molecule has 0 fully saturated rings. The number of thiazole rings is 1. The summed E-state index contributed by atoms with van der Waals surface area (Å²) in [5, 5.41) is 15.9. The van der Waals surface area contributed by atoms with Crippen molar-refractivity contribution in [3.05, 3.63) is 57.5 Å². The molecule has 0 unspecified atom stereocenters. The summed E-state index contributed by atoms with van der Waals surface area (Å²) in [6.45, 7) is 0. The van der Waals surface area contributed by atoms with Crippen LogP contribution in [-0.4, -0.2) is 37.1 Å². The zero-order chi connectivity index (χ0) is 21.0. The third-order valence-corrected chi connectivity index (χ3v) is 4.80. The lowest BCUT2D eigenvalue weighted by molar-refractivity contribution is -0.385. The Kier molecular flexibility index (Phi) is 5.93. The van der Waals surface area contributed by atoms with Gasteiger partial charge in [0.2, 0.25) is 0 Å². The van der Waals surface area contributed by atoms with Gasteiger partial charge < -0.3 is 14.2 Å². The number of ether oxygens (including phenoxy) is 3. The smallest absolute Gasteiger partial charge is 0.311 e. The summed E-state index contributed by atoms with van der Waals surface area (Å²) in [5.74, 6) is 0.732. The van der Waals surface area contributed by atoms with Crippen molar-refractivity contribution < 1.29 is 23.9 Å². The van der Waals surface area contributed by atoms with Crippen LogP contribution in [-0.2, 0) is 0 Å². The van der Waals surface area contributed by atoms with Crippen LogP contribution in [0.5, 0.6) is 17.2 Å². The topological polar surface area (TPSA) is 113 Å². The maximum Gasteiger partial charge on any atom is 0.311 e. The molecule has 1 N–H and O–H groups in total. The van der Waals surface area contributed by atoms with Gasteiger partial charge in [-0.3, -0.25) is 20.2 Å². The Bertz CT molecular complexity index is 1070. The molecule has 3 rings (SSSR count). The molecule has 0 saturated heterocycles. The molecule has 29 heavy (non-hydrogen) atoms. The van der Waals surface area contributed by atoms with Gasteiger partial charge in [-0.25, -0.2) is 4.98 Å². The summed E-state index contributed by atoms with van der Waals surface area (Å²) in [5.41, 5.74) is 1.28. The number of amides is 1. The molecule has 1 aromatic heterocycles. The molecule has 150 valence electrons. The zero-order valence-electron chi connectivity index (χ0n) is 15.8. The van der Waals surface area contributed by atoms with Gasteiger partial charge >= 0.3 is 5.69 Å². The van der Waals surface area contributed by atoms with E-state index in [0.29, 0.717) is 22.3 Å². The molecule has 0 bridgehead atoms. The summed E-state index contributed by atoms with van der Waals surface area (Å²) < 4.78 is 15.5. The average molecular weight is 415 g/mol. The Morgan fingerprint density at radius 3 is 2.38 bits per heavy atom. The van der Waals surface area contributed by atoms with Crippen molar-refractivity contribution in [1.82, 2.24) is 4.98 Å². The fourth-order valence-electron chi connectivity index (χ4n) is 2.60. The highest BCUT2D eigenvalue weighted by Crippen LogP contribution is 2.34. The lowest BCUT2D eigenvalue weighted by atomic mass is 10.1. The predicted octanol–water partition coefficient (Wildman–Crippen LogP) is 4.00. The first-order valence-electron chi connectivity index (χ1n) is 8.28. The first-order chi connectivity index (χ1) is 14.0. The highest BCUT2D eigenvalue weighted by atomic mass is 32.1. The van der Waals surface area contributed by atoms with Gasteiger partial charge in [-0.15, -0.1) is 11.3 Å². The minimum atomic E-state index is -0.603. The Hall–Kier alpha value is -3.66. The van der Waals surface area contributed by atoms with Crippen LogP contribution in [0.2, 0.25) is 0 Å². The van der Waals surface area contributed by atoms with Gasteiger partial charge in [0, 0.05) is 22.6 Å². The number of benzene rings is 2. The molecule has 2 aromatic carbocycles. The second kappa shape index (κ2) is 8.57. The number of anilines is 1. The van der Waals surface area contributed by atoms with Crippen LogP contribution in [0.1, 0.15) is 10.4 Å². The van der Waals surface area contributed by atoms with Crippen LogP contribution in [0.3, 0.4) is 0 Å². The van der Waals surface area contributed by atoms with Crippen LogP contribution >= 0.6 is 11.3 Å². The minimum Gasteiger partial charge on any atom is -0.493 e. The molecule has 1 heterocycles. The maximum absolute atomic E-state index is 12.5. The largest absolute Gasteiger partial charge is 0.493 e. The number of aromatic nitrogens is 1. The molecular weight excluding hydrogens is 398 g/mol. The number of nitro groups is 1. The first-order valence-corrected chi connectivity index (χ1v) is 9.16. The van der Waals surface area contributed by atoms with E-state index in [1.807, 2.05) is 6.07 Å². The van der Waals surface area contributed by atoms with E-state index in [1.54, 1.807) is 31.7 Å². The van der Waals surface area contributed by atoms with Crippen molar-refractivity contribution >= 4 is 28.1 Å². The van der Waals surface area contributed by atoms with E-state index in [9.17, 15) is 14.9 Å². The van der Waals surface area contributed by atoms with Crippen LogP contribution in [0, 0.1) is 10.1 Å². The number of nitrogens with zero attached hydrogens (tertiary/aromatic N) is 2. The van der Waals surface area contributed by atoms with Gasteiger partial charge in [0.25, 0.3) is 5.91 Å². The molecule has 3 aromatic rings. The number of methoxy groups -OCH3 is 3. The van der Waals surface area contributed by atoms with Gasteiger partial charge in [-0.2, -0.15) is 0 Å². The fraction of sp³-hybridized carbons (Fsp3) is 0.158. The monoisotopic (exact) mass is 415 g/mol. The number of hydrogen-bond donors (Lipinski definition) is 1. The molecule has 0 radical (unpaired) electrons. The third-order valence-electron chi connectivity index (χ3n) is 4.04. The zero-order valence-corrected chi connectivity index (χ0v) is 16.6. The summed E-state index contributed by atoms with van der Waals surface area (Å²) in [7, 11) is 4.42. The Morgan fingerprint density at radius 2 is 1.72 bits per heavy atom. The normalized spacial score (nSPS) is 10.3. The van der Waals surface area contributed by atoms with Crippen LogP contribution in [0.15, 0.2) is 41.8 Å². The maximum atomic E-state index is 12.5. The van der Waals surface area contributed by atoms with Gasteiger partial charge in [-0.1, -0.05) is 0 Å². The lowest BCUT2D eigenvalue weighted by Gasteiger charge is -2.08. The third kappa shape index (κ3) is 4.27. The van der Waals surface area contributed by atoms with E-state index in [-0.39, 0.29) is 17.0 Å². The van der Waals surface area contributed by atoms with Gasteiger partial charge in [-0.05, 0) is 30.3 Å². The van der Waals surface area contributed by atoms with Crippen molar-refractivity contribution in [2.45, 2.75) is 0 Å². The Morgan fingerprint density at radius 1 is 1.03 bits per heavy atom. The Balaban J connectivity index is 1.81. The van der Waals surface area contributed by atoms with E-state index < -0.39 is 10.8 Å². The average Bonchev–Trinajstić information content (AvgIpc) is 3.20. The molecule has 10 heteroatoms. The highest BCUT2D eigenvalue weighted by Gasteiger charge is 2.19. The van der Waals surface area contributed by atoms with Gasteiger partial charge in [0.05, 0.1) is 31.9 Å². The molecule has 0 spiro atoms. The molecule has 0 atom stereocenters. The number of nitrogens with one attached hydrogen (secondary N) is 1. The molecule has 0 saturated carbocycles. The van der Waals surface area contributed by atoms with Crippen LogP contribution < -0.4 is 19.5 Å². The van der Waals surface area contributed by atoms with Crippen molar-refractivity contribution in [2.75, 3.05) is 26.6 Å².